The molecule has 148 valence electrons. The van der Waals surface area contributed by atoms with Crippen molar-refractivity contribution in [1.82, 2.24) is 0 Å². The van der Waals surface area contributed by atoms with Crippen molar-refractivity contribution in [2.24, 2.45) is 0 Å². The number of halogens is 1. The number of rotatable bonds is 15. The summed E-state index contributed by atoms with van der Waals surface area (Å²) in [4.78, 5) is 0. The first-order valence-electron chi connectivity index (χ1n) is 9.60. The molecule has 0 spiro atoms. The first kappa shape index (κ1) is 26.8. The van der Waals surface area contributed by atoms with E-state index in [9.17, 15) is 0 Å². The van der Waals surface area contributed by atoms with Crippen LogP contribution in [0.15, 0.2) is 0 Å². The molecule has 0 saturated carbocycles. The molecule has 24 heavy (non-hydrogen) atoms. The Hall–Kier alpha value is 0.537. The molecule has 0 aliphatic heterocycles. The maximum atomic E-state index is 6.04. The second-order valence-electron chi connectivity index (χ2n) is 6.56. The van der Waals surface area contributed by atoms with Gasteiger partial charge in [0.1, 0.15) is 0 Å². The third-order valence-corrected chi connectivity index (χ3v) is 8.53. The lowest BCUT2D eigenvalue weighted by Crippen LogP contribution is -3.00. The topological polar surface area (TPSA) is 27.7 Å². The molecule has 0 heterocycles. The van der Waals surface area contributed by atoms with Gasteiger partial charge in [-0.2, -0.15) is 0 Å². The molecule has 0 aromatic heterocycles. The Labute approximate surface area is 163 Å². The molecule has 4 nitrogen and oxygen atoms in total. The van der Waals surface area contributed by atoms with Crippen LogP contribution in [0.3, 0.4) is 0 Å². The van der Waals surface area contributed by atoms with Crippen LogP contribution >= 0.6 is 0 Å². The summed E-state index contributed by atoms with van der Waals surface area (Å²) in [6.45, 7) is 11.3. The van der Waals surface area contributed by atoms with E-state index >= 15 is 0 Å². The van der Waals surface area contributed by atoms with Crippen LogP contribution in [0.2, 0.25) is 0 Å². The zero-order valence-electron chi connectivity index (χ0n) is 17.2. The number of nitrogens with zero attached hydrogens (tertiary/aromatic N) is 1. The maximum absolute atomic E-state index is 6.04. The molecule has 0 N–H and O–H groups in total. The van der Waals surface area contributed by atoms with Gasteiger partial charge in [-0.3, -0.25) is 0 Å². The van der Waals surface area contributed by atoms with Crippen LogP contribution in [-0.2, 0) is 13.3 Å². The lowest BCUT2D eigenvalue weighted by Gasteiger charge is -2.51. The van der Waals surface area contributed by atoms with Crippen LogP contribution < -0.4 is 17.0 Å². The first-order chi connectivity index (χ1) is 11.1. The molecule has 0 unspecified atom stereocenters. The van der Waals surface area contributed by atoms with E-state index in [4.69, 9.17) is 13.3 Å². The Kier molecular flexibility index (Phi) is 16.4. The minimum Gasteiger partial charge on any atom is -1.00 e. The van der Waals surface area contributed by atoms with Gasteiger partial charge in [0.2, 0.25) is 0 Å². The predicted molar refractivity (Wildman–Crippen MR) is 100 cm³/mol. The second kappa shape index (κ2) is 14.7. The molecule has 0 aromatic carbocycles. The molecule has 0 bridgehead atoms. The van der Waals surface area contributed by atoms with Crippen LogP contribution in [0, 0.1) is 0 Å². The zero-order valence-corrected chi connectivity index (χ0v) is 19.8. The molecule has 6 heteroatoms. The van der Waals surface area contributed by atoms with E-state index in [-0.39, 0.29) is 17.0 Å². The molecule has 0 aliphatic rings. The average Bonchev–Trinajstić information content (AvgIpc) is 2.58. The normalized spacial score (nSPS) is 12.5. The predicted octanol–water partition coefficient (Wildman–Crippen LogP) is 1.75. The van der Waals surface area contributed by atoms with Crippen LogP contribution in [0.5, 0.6) is 0 Å². The van der Waals surface area contributed by atoms with Gasteiger partial charge < -0.3 is 34.4 Å². The standard InChI is InChI=1S/C18H42NO3Si.BrH/c1-8-12-16-19(17-13-9-2,18(14-10-3)15-11-4)23(20-5,21-6)22-7;/h18H,8-17H2,1-7H3;1H/q+1;/p-1. The number of quaternary nitrogens is 1. The Morgan fingerprint density at radius 1 is 0.708 bits per heavy atom. The highest BCUT2D eigenvalue weighted by Gasteiger charge is 2.65. The molecule has 0 rings (SSSR count). The molecule has 0 saturated heterocycles. The van der Waals surface area contributed by atoms with E-state index in [0.29, 0.717) is 6.04 Å². The molecule has 0 fully saturated rings. The fraction of sp³-hybridized carbons (Fsp3) is 1.00. The monoisotopic (exact) mass is 427 g/mol. The van der Waals surface area contributed by atoms with E-state index in [1.54, 1.807) is 21.3 Å². The van der Waals surface area contributed by atoms with Gasteiger partial charge in [0.25, 0.3) is 0 Å². The van der Waals surface area contributed by atoms with Gasteiger partial charge in [-0.1, -0.05) is 53.4 Å². The van der Waals surface area contributed by atoms with E-state index in [0.717, 1.165) is 17.2 Å². The summed E-state index contributed by atoms with van der Waals surface area (Å²) in [6.07, 6.45) is 9.60. The van der Waals surface area contributed by atoms with Crippen LogP contribution in [0.25, 0.3) is 0 Å². The second-order valence-corrected chi connectivity index (χ2v) is 9.72. The molecular weight excluding hydrogens is 386 g/mol. The Morgan fingerprint density at radius 2 is 1.08 bits per heavy atom. The summed E-state index contributed by atoms with van der Waals surface area (Å²) >= 11 is 0. The summed E-state index contributed by atoms with van der Waals surface area (Å²) in [5.74, 6) is 0. The minimum atomic E-state index is -2.77. The largest absolute Gasteiger partial charge is 1.00 e. The minimum absolute atomic E-state index is 0. The van der Waals surface area contributed by atoms with Gasteiger partial charge >= 0.3 is 8.97 Å². The smallest absolute Gasteiger partial charge is 0.784 e. The number of hydrogen-bond acceptors (Lipinski definition) is 3. The third kappa shape index (κ3) is 6.36. The summed E-state index contributed by atoms with van der Waals surface area (Å²) in [6, 6.07) is 0.564. The quantitative estimate of drug-likeness (QED) is 0.372. The highest BCUT2D eigenvalue weighted by atomic mass is 79.9. The summed E-state index contributed by atoms with van der Waals surface area (Å²) in [7, 11) is 2.56. The highest BCUT2D eigenvalue weighted by Crippen LogP contribution is 2.34. The van der Waals surface area contributed by atoms with Gasteiger partial charge in [-0.15, -0.1) is 0 Å². The fourth-order valence-electron chi connectivity index (χ4n) is 3.96. The number of hydrogen-bond donors (Lipinski definition) is 0. The lowest BCUT2D eigenvalue weighted by atomic mass is 10.0. The van der Waals surface area contributed by atoms with Crippen molar-refractivity contribution in [3.63, 3.8) is 0 Å². The van der Waals surface area contributed by atoms with Gasteiger partial charge in [0.05, 0.1) is 19.1 Å². The van der Waals surface area contributed by atoms with E-state index < -0.39 is 8.97 Å². The van der Waals surface area contributed by atoms with Crippen LogP contribution in [0.4, 0.5) is 0 Å². The van der Waals surface area contributed by atoms with E-state index in [1.807, 2.05) is 0 Å². The highest BCUT2D eigenvalue weighted by molar-refractivity contribution is 6.52. The van der Waals surface area contributed by atoms with Gasteiger partial charge in [-0.05, 0) is 25.7 Å². The van der Waals surface area contributed by atoms with E-state index in [2.05, 4.69) is 27.7 Å². The third-order valence-electron chi connectivity index (χ3n) is 5.08. The van der Waals surface area contributed by atoms with Gasteiger partial charge in [0.15, 0.2) is 0 Å². The first-order valence-corrected chi connectivity index (χ1v) is 11.3. The molecular formula is C18H42BrNO3Si. The van der Waals surface area contributed by atoms with Crippen molar-refractivity contribution < 1.29 is 34.4 Å². The summed E-state index contributed by atoms with van der Waals surface area (Å²) < 4.78 is 19.0. The number of unbranched alkanes of at least 4 members (excludes halogenated alkanes) is 2. The van der Waals surface area contributed by atoms with Crippen molar-refractivity contribution in [2.75, 3.05) is 34.4 Å². The van der Waals surface area contributed by atoms with Crippen molar-refractivity contribution in [2.45, 2.75) is 85.1 Å². The van der Waals surface area contributed by atoms with Crippen molar-refractivity contribution in [3.8, 4) is 0 Å². The van der Waals surface area contributed by atoms with E-state index in [1.165, 1.54) is 51.4 Å². The Bertz CT molecular complexity index is 269. The van der Waals surface area contributed by atoms with Crippen molar-refractivity contribution in [1.29, 1.82) is 0 Å². The SMILES string of the molecule is CCCC[N+](CCCC)(C(CCC)CCC)[Si](OC)(OC)OC.[Br-]. The lowest BCUT2D eigenvalue weighted by molar-refractivity contribution is -0.885. The Morgan fingerprint density at radius 3 is 1.33 bits per heavy atom. The molecule has 0 radical (unpaired) electrons. The van der Waals surface area contributed by atoms with Crippen molar-refractivity contribution in [3.05, 3.63) is 0 Å². The average molecular weight is 429 g/mol. The van der Waals surface area contributed by atoms with Crippen LogP contribution in [-0.4, -0.2) is 53.6 Å². The van der Waals surface area contributed by atoms with Gasteiger partial charge in [0, 0.05) is 21.3 Å². The van der Waals surface area contributed by atoms with Crippen LogP contribution in [0.1, 0.15) is 79.1 Å². The summed E-state index contributed by atoms with van der Waals surface area (Å²) in [5, 5.41) is 0. The van der Waals surface area contributed by atoms with Crippen molar-refractivity contribution >= 4 is 8.97 Å². The molecule has 0 amide bonds. The fourth-order valence-corrected chi connectivity index (χ4v) is 7.12. The van der Waals surface area contributed by atoms with Gasteiger partial charge in [-0.25, -0.2) is 0 Å². The zero-order chi connectivity index (χ0) is 17.8. The maximum Gasteiger partial charge on any atom is 0.784 e. The molecule has 0 aromatic rings. The Balaban J connectivity index is 0. The molecule has 0 atom stereocenters. The molecule has 0 aliphatic carbocycles. The summed E-state index contributed by atoms with van der Waals surface area (Å²) in [5.41, 5.74) is 0.